The van der Waals surface area contributed by atoms with E-state index in [-0.39, 0.29) is 10.8 Å². The maximum atomic E-state index is 13.3. The molecule has 0 aromatic heterocycles. The van der Waals surface area contributed by atoms with Gasteiger partial charge in [0.25, 0.3) is 0 Å². The first-order valence-electron chi connectivity index (χ1n) is 9.23. The van der Waals surface area contributed by atoms with Crippen LogP contribution in [0.3, 0.4) is 0 Å². The number of hydrogen-bond donors (Lipinski definition) is 1. The molecule has 0 aliphatic carbocycles. The fourth-order valence-corrected chi connectivity index (χ4v) is 5.11. The molecule has 1 N–H and O–H groups in total. The third-order valence-electron chi connectivity index (χ3n) is 4.79. The predicted octanol–water partition coefficient (Wildman–Crippen LogP) is 6.63. The minimum absolute atomic E-state index is 0.160. The Bertz CT molecular complexity index is 1160. The van der Waals surface area contributed by atoms with Crippen LogP contribution in [0.2, 0.25) is 10.0 Å². The van der Waals surface area contributed by atoms with Crippen LogP contribution in [-0.4, -0.2) is 8.42 Å². The van der Waals surface area contributed by atoms with Gasteiger partial charge in [0.1, 0.15) is 0 Å². The summed E-state index contributed by atoms with van der Waals surface area (Å²) >= 11 is 12.2. The average molecular weight is 458 g/mol. The molecule has 3 aromatic carbocycles. The highest BCUT2D eigenvalue weighted by atomic mass is 35.5. The van der Waals surface area contributed by atoms with Crippen molar-refractivity contribution in [3.05, 3.63) is 119 Å². The van der Waals surface area contributed by atoms with Crippen molar-refractivity contribution in [2.75, 3.05) is 0 Å². The van der Waals surface area contributed by atoms with Crippen LogP contribution in [0.4, 0.5) is 0 Å². The molecule has 0 unspecified atom stereocenters. The summed E-state index contributed by atoms with van der Waals surface area (Å²) in [6, 6.07) is 20.5. The molecule has 0 saturated carbocycles. The smallest absolute Gasteiger partial charge is 0.207 e. The van der Waals surface area contributed by atoms with E-state index in [1.807, 2.05) is 18.2 Å². The summed E-state index contributed by atoms with van der Waals surface area (Å²) in [6.07, 6.45) is 3.24. The van der Waals surface area contributed by atoms with Gasteiger partial charge in [-0.15, -0.1) is 6.58 Å². The highest BCUT2D eigenvalue weighted by Gasteiger charge is 2.29. The van der Waals surface area contributed by atoms with E-state index >= 15 is 0 Å². The van der Waals surface area contributed by atoms with Crippen LogP contribution in [0.25, 0.3) is 6.08 Å². The van der Waals surface area contributed by atoms with Crippen LogP contribution >= 0.6 is 23.2 Å². The molecule has 0 amide bonds. The molecular formula is C24H21Cl2NO2S. The van der Waals surface area contributed by atoms with Crippen molar-refractivity contribution in [3.63, 3.8) is 0 Å². The molecule has 2 atom stereocenters. The number of rotatable bonds is 8. The molecule has 0 fully saturated rings. The second kappa shape index (κ2) is 9.63. The molecule has 0 heterocycles. The van der Waals surface area contributed by atoms with Crippen molar-refractivity contribution in [2.45, 2.75) is 16.9 Å². The molecule has 0 aliphatic rings. The lowest BCUT2D eigenvalue weighted by atomic mass is 9.88. The van der Waals surface area contributed by atoms with Gasteiger partial charge < -0.3 is 0 Å². The molecule has 0 saturated heterocycles. The summed E-state index contributed by atoms with van der Waals surface area (Å²) in [7, 11) is -3.87. The molecule has 6 heteroatoms. The fourth-order valence-electron chi connectivity index (χ4n) is 3.32. The van der Waals surface area contributed by atoms with Gasteiger partial charge in [-0.2, -0.15) is 0 Å². The minimum atomic E-state index is -3.87. The molecular weight excluding hydrogens is 437 g/mol. The van der Waals surface area contributed by atoms with Crippen LogP contribution in [0.5, 0.6) is 0 Å². The molecule has 30 heavy (non-hydrogen) atoms. The lowest BCUT2D eigenvalue weighted by Gasteiger charge is -2.27. The van der Waals surface area contributed by atoms with Crippen LogP contribution in [0.1, 0.15) is 28.7 Å². The summed E-state index contributed by atoms with van der Waals surface area (Å²) in [6.45, 7) is 7.67. The van der Waals surface area contributed by atoms with Crippen molar-refractivity contribution in [1.29, 1.82) is 0 Å². The number of sulfonamides is 1. The summed E-state index contributed by atoms with van der Waals surface area (Å²) in [5.41, 5.74) is 2.12. The Labute approximate surface area is 187 Å². The Morgan fingerprint density at radius 2 is 1.53 bits per heavy atom. The van der Waals surface area contributed by atoms with Gasteiger partial charge in [0.2, 0.25) is 10.0 Å². The van der Waals surface area contributed by atoms with Crippen molar-refractivity contribution in [1.82, 2.24) is 4.72 Å². The van der Waals surface area contributed by atoms with E-state index in [0.29, 0.717) is 15.6 Å². The average Bonchev–Trinajstić information content (AvgIpc) is 2.74. The van der Waals surface area contributed by atoms with E-state index in [1.54, 1.807) is 60.7 Å². The summed E-state index contributed by atoms with van der Waals surface area (Å²) in [5, 5.41) is 1.13. The zero-order chi connectivity index (χ0) is 21.7. The van der Waals surface area contributed by atoms with Gasteiger partial charge >= 0.3 is 0 Å². The normalized spacial score (nSPS) is 13.4. The molecule has 3 rings (SSSR count). The maximum Gasteiger partial charge on any atom is 0.241 e. The first-order chi connectivity index (χ1) is 14.4. The largest absolute Gasteiger partial charge is 0.241 e. The molecule has 0 spiro atoms. The van der Waals surface area contributed by atoms with Crippen LogP contribution in [-0.2, 0) is 10.0 Å². The zero-order valence-electron chi connectivity index (χ0n) is 16.1. The SMILES string of the molecule is C=Cc1ccccc1S(=O)(=O)N[C@H](c1ccc(Cl)cc1)[C@H](C=C)c1cccc(Cl)c1. The maximum absolute atomic E-state index is 13.3. The second-order valence-electron chi connectivity index (χ2n) is 6.71. The van der Waals surface area contributed by atoms with Gasteiger partial charge in [0, 0.05) is 16.0 Å². The standard InChI is InChI=1S/C24H21Cl2NO2S/c1-3-17-8-5-6-11-23(17)30(28,29)27-24(18-12-14-20(25)15-13-18)22(4-2)19-9-7-10-21(26)16-19/h3-16,22,24,27H,1-2H2/t22-,24-/m1/s1. The molecule has 3 nitrogen and oxygen atoms in total. The van der Waals surface area contributed by atoms with E-state index < -0.39 is 16.1 Å². The van der Waals surface area contributed by atoms with Gasteiger partial charge in [-0.25, -0.2) is 13.1 Å². The van der Waals surface area contributed by atoms with Crippen molar-refractivity contribution >= 4 is 39.3 Å². The molecule has 0 bridgehead atoms. The lowest BCUT2D eigenvalue weighted by Crippen LogP contribution is -2.32. The quantitative estimate of drug-likeness (QED) is 0.386. The Hall–Kier alpha value is -2.37. The highest BCUT2D eigenvalue weighted by Crippen LogP contribution is 2.35. The second-order valence-corrected chi connectivity index (χ2v) is 9.26. The number of halogens is 2. The summed E-state index contributed by atoms with van der Waals surface area (Å²) < 4.78 is 29.5. The summed E-state index contributed by atoms with van der Waals surface area (Å²) in [4.78, 5) is 0.160. The Morgan fingerprint density at radius 1 is 0.833 bits per heavy atom. The van der Waals surface area contributed by atoms with E-state index in [1.165, 1.54) is 6.08 Å². The van der Waals surface area contributed by atoms with Crippen molar-refractivity contribution in [2.24, 2.45) is 0 Å². The van der Waals surface area contributed by atoms with Gasteiger partial charge in [-0.3, -0.25) is 0 Å². The van der Waals surface area contributed by atoms with Gasteiger partial charge in [-0.05, 0) is 47.0 Å². The van der Waals surface area contributed by atoms with Gasteiger partial charge in [0.15, 0.2) is 0 Å². The zero-order valence-corrected chi connectivity index (χ0v) is 18.5. The van der Waals surface area contributed by atoms with Crippen molar-refractivity contribution in [3.8, 4) is 0 Å². The molecule has 0 radical (unpaired) electrons. The Kier molecular flexibility index (Phi) is 7.16. The topological polar surface area (TPSA) is 46.2 Å². The predicted molar refractivity (Wildman–Crippen MR) is 125 cm³/mol. The van der Waals surface area contributed by atoms with Crippen LogP contribution in [0, 0.1) is 0 Å². The monoisotopic (exact) mass is 457 g/mol. The Balaban J connectivity index is 2.11. The first kappa shape index (κ1) is 22.3. The van der Waals surface area contributed by atoms with E-state index in [0.717, 1.165) is 11.1 Å². The lowest BCUT2D eigenvalue weighted by molar-refractivity contribution is 0.536. The third kappa shape index (κ3) is 5.02. The number of hydrogen-bond acceptors (Lipinski definition) is 2. The van der Waals surface area contributed by atoms with Gasteiger partial charge in [-0.1, -0.05) is 84.4 Å². The van der Waals surface area contributed by atoms with Crippen LogP contribution in [0.15, 0.2) is 96.9 Å². The number of nitrogens with one attached hydrogen (secondary N) is 1. The summed E-state index contributed by atoms with van der Waals surface area (Å²) in [5.74, 6) is -0.365. The fraction of sp³-hybridized carbons (Fsp3) is 0.0833. The molecule has 154 valence electrons. The highest BCUT2D eigenvalue weighted by molar-refractivity contribution is 7.89. The van der Waals surface area contributed by atoms with E-state index in [2.05, 4.69) is 17.9 Å². The van der Waals surface area contributed by atoms with E-state index in [4.69, 9.17) is 23.2 Å². The van der Waals surface area contributed by atoms with Gasteiger partial charge in [0.05, 0.1) is 10.9 Å². The number of benzene rings is 3. The third-order valence-corrected chi connectivity index (χ3v) is 6.79. The molecule has 0 aliphatic heterocycles. The molecule has 3 aromatic rings. The van der Waals surface area contributed by atoms with Crippen LogP contribution < -0.4 is 4.72 Å². The van der Waals surface area contributed by atoms with Crippen molar-refractivity contribution < 1.29 is 8.42 Å². The van der Waals surface area contributed by atoms with E-state index in [9.17, 15) is 8.42 Å². The first-order valence-corrected chi connectivity index (χ1v) is 11.5. The minimum Gasteiger partial charge on any atom is -0.207 e. The Morgan fingerprint density at radius 3 is 2.17 bits per heavy atom.